The standard InChI is InChI=1S/C14H19NO3/c16-11-13(6-2-1-3-7-13)12(17)15-14(11)8-4-5-10(9-14)18-15/h10H,1-9H2. The summed E-state index contributed by atoms with van der Waals surface area (Å²) in [5, 5.41) is 1.51. The molecule has 4 heteroatoms. The number of amides is 1. The third-order valence-electron chi connectivity index (χ3n) is 5.48. The number of rotatable bonds is 0. The van der Waals surface area contributed by atoms with Gasteiger partial charge in [0, 0.05) is 6.42 Å². The van der Waals surface area contributed by atoms with Gasteiger partial charge in [-0.3, -0.25) is 14.4 Å². The van der Waals surface area contributed by atoms with Gasteiger partial charge in [0.2, 0.25) is 0 Å². The van der Waals surface area contributed by atoms with E-state index in [0.29, 0.717) is 0 Å². The van der Waals surface area contributed by atoms with Crippen LogP contribution in [0.3, 0.4) is 0 Å². The number of carbonyl (C=O) groups is 2. The molecule has 4 rings (SSSR count). The highest BCUT2D eigenvalue weighted by Gasteiger charge is 2.71. The van der Waals surface area contributed by atoms with Crippen molar-refractivity contribution >= 4 is 11.7 Å². The van der Waals surface area contributed by atoms with E-state index >= 15 is 0 Å². The summed E-state index contributed by atoms with van der Waals surface area (Å²) in [5.41, 5.74) is -1.28. The number of hydroxylamine groups is 2. The summed E-state index contributed by atoms with van der Waals surface area (Å²) in [6.07, 6.45) is 8.33. The van der Waals surface area contributed by atoms with Crippen LogP contribution in [0.15, 0.2) is 0 Å². The second kappa shape index (κ2) is 3.35. The van der Waals surface area contributed by atoms with Crippen molar-refractivity contribution < 1.29 is 14.4 Å². The second-order valence-electron chi connectivity index (χ2n) is 6.43. The van der Waals surface area contributed by atoms with Gasteiger partial charge in [-0.25, -0.2) is 5.06 Å². The Hall–Kier alpha value is -0.900. The number of hydrogen-bond acceptors (Lipinski definition) is 3. The molecule has 2 unspecified atom stereocenters. The van der Waals surface area contributed by atoms with Crippen LogP contribution in [0, 0.1) is 5.41 Å². The minimum atomic E-state index is -0.708. The number of fused-ring (bicyclic) bond motifs is 1. The Morgan fingerprint density at radius 2 is 1.83 bits per heavy atom. The lowest BCUT2D eigenvalue weighted by molar-refractivity contribution is -0.191. The monoisotopic (exact) mass is 249 g/mol. The van der Waals surface area contributed by atoms with Gasteiger partial charge in [0.05, 0.1) is 6.10 Å². The first-order valence-electron chi connectivity index (χ1n) is 7.25. The molecule has 1 amide bonds. The quantitative estimate of drug-likeness (QED) is 0.617. The first-order valence-corrected chi connectivity index (χ1v) is 7.25. The molecule has 2 aliphatic heterocycles. The molecule has 4 fully saturated rings. The predicted molar refractivity (Wildman–Crippen MR) is 63.4 cm³/mol. The highest BCUT2D eigenvalue weighted by molar-refractivity contribution is 6.16. The zero-order chi connectivity index (χ0) is 12.4. The SMILES string of the molecule is O=C1N2OC3CCCC2(C3)C(=O)C12CCCCC2. The number of hydrogen-bond donors (Lipinski definition) is 0. The lowest BCUT2D eigenvalue weighted by Gasteiger charge is -2.32. The Kier molecular flexibility index (Phi) is 2.04. The molecular formula is C14H19NO3. The zero-order valence-electron chi connectivity index (χ0n) is 10.6. The first-order chi connectivity index (χ1) is 8.69. The van der Waals surface area contributed by atoms with Crippen molar-refractivity contribution in [3.05, 3.63) is 0 Å². The van der Waals surface area contributed by atoms with Crippen LogP contribution >= 0.6 is 0 Å². The molecule has 2 saturated carbocycles. The molecule has 4 aliphatic rings. The number of carbonyl (C=O) groups excluding carboxylic acids is 2. The Balaban J connectivity index is 1.78. The summed E-state index contributed by atoms with van der Waals surface area (Å²) < 4.78 is 0. The Labute approximate surface area is 107 Å². The van der Waals surface area contributed by atoms with Gasteiger partial charge in [-0.1, -0.05) is 19.3 Å². The molecule has 0 aromatic rings. The molecule has 0 aromatic heterocycles. The second-order valence-corrected chi connectivity index (χ2v) is 6.43. The summed E-state index contributed by atoms with van der Waals surface area (Å²) >= 11 is 0. The minimum Gasteiger partial charge on any atom is -0.296 e. The molecule has 98 valence electrons. The summed E-state index contributed by atoms with van der Waals surface area (Å²) in [6, 6.07) is 0. The third kappa shape index (κ3) is 1.06. The van der Waals surface area contributed by atoms with Crippen molar-refractivity contribution in [3.63, 3.8) is 0 Å². The van der Waals surface area contributed by atoms with E-state index in [4.69, 9.17) is 4.84 Å². The van der Waals surface area contributed by atoms with Crippen LogP contribution in [0.4, 0.5) is 0 Å². The third-order valence-corrected chi connectivity index (χ3v) is 5.48. The minimum absolute atomic E-state index is 0.0170. The molecule has 2 heterocycles. The molecule has 2 bridgehead atoms. The fraction of sp³-hybridized carbons (Fsp3) is 0.857. The molecule has 18 heavy (non-hydrogen) atoms. The normalized spacial score (nSPS) is 41.6. The highest BCUT2D eigenvalue weighted by atomic mass is 16.7. The average molecular weight is 249 g/mol. The molecule has 2 atom stereocenters. The largest absolute Gasteiger partial charge is 0.296 e. The van der Waals surface area contributed by atoms with Crippen molar-refractivity contribution in [2.75, 3.05) is 0 Å². The van der Waals surface area contributed by atoms with Gasteiger partial charge in [0.15, 0.2) is 5.78 Å². The highest BCUT2D eigenvalue weighted by Crippen LogP contribution is 2.56. The van der Waals surface area contributed by atoms with Gasteiger partial charge in [-0.2, -0.15) is 0 Å². The fourth-order valence-electron chi connectivity index (χ4n) is 4.60. The van der Waals surface area contributed by atoms with E-state index in [2.05, 4.69) is 0 Å². The molecule has 4 nitrogen and oxygen atoms in total. The van der Waals surface area contributed by atoms with E-state index < -0.39 is 11.0 Å². The van der Waals surface area contributed by atoms with Gasteiger partial charge in [0.25, 0.3) is 5.91 Å². The van der Waals surface area contributed by atoms with E-state index in [9.17, 15) is 9.59 Å². The van der Waals surface area contributed by atoms with Crippen LogP contribution in [-0.2, 0) is 14.4 Å². The fourth-order valence-corrected chi connectivity index (χ4v) is 4.60. The maximum Gasteiger partial charge on any atom is 0.260 e. The van der Waals surface area contributed by atoms with Gasteiger partial charge in [-0.05, 0) is 32.1 Å². The lowest BCUT2D eigenvalue weighted by atomic mass is 9.66. The smallest absolute Gasteiger partial charge is 0.260 e. The molecule has 2 aliphatic carbocycles. The van der Waals surface area contributed by atoms with Crippen LogP contribution in [-0.4, -0.2) is 28.4 Å². The van der Waals surface area contributed by atoms with E-state index in [1.807, 2.05) is 0 Å². The summed E-state index contributed by atoms with van der Waals surface area (Å²) in [4.78, 5) is 31.4. The van der Waals surface area contributed by atoms with Gasteiger partial charge in [-0.15, -0.1) is 0 Å². The lowest BCUT2D eigenvalue weighted by Crippen LogP contribution is -2.46. The Bertz CT molecular complexity index is 427. The molecule has 0 radical (unpaired) electrons. The van der Waals surface area contributed by atoms with Crippen LogP contribution in [0.25, 0.3) is 0 Å². The van der Waals surface area contributed by atoms with Crippen LogP contribution in [0.1, 0.15) is 57.8 Å². The molecular weight excluding hydrogens is 230 g/mol. The van der Waals surface area contributed by atoms with Crippen molar-refractivity contribution in [2.24, 2.45) is 5.41 Å². The van der Waals surface area contributed by atoms with Gasteiger partial charge >= 0.3 is 0 Å². The van der Waals surface area contributed by atoms with Crippen molar-refractivity contribution in [1.82, 2.24) is 5.06 Å². The van der Waals surface area contributed by atoms with Gasteiger partial charge in [0.1, 0.15) is 11.0 Å². The first kappa shape index (κ1) is 11.0. The van der Waals surface area contributed by atoms with Crippen LogP contribution in [0.2, 0.25) is 0 Å². The molecule has 2 saturated heterocycles. The van der Waals surface area contributed by atoms with Crippen LogP contribution < -0.4 is 0 Å². The van der Waals surface area contributed by atoms with E-state index in [1.165, 1.54) is 5.06 Å². The summed E-state index contributed by atoms with van der Waals surface area (Å²) in [5.74, 6) is 0.179. The Morgan fingerprint density at radius 1 is 1.06 bits per heavy atom. The van der Waals surface area contributed by atoms with Crippen molar-refractivity contribution in [2.45, 2.75) is 69.4 Å². The number of ketones is 1. The number of nitrogens with zero attached hydrogens (tertiary/aromatic N) is 1. The number of Topliss-reactive ketones (excluding diaryl/α,β-unsaturated/α-hetero) is 1. The topological polar surface area (TPSA) is 46.6 Å². The zero-order valence-corrected chi connectivity index (χ0v) is 10.6. The average Bonchev–Trinajstić information content (AvgIpc) is 2.75. The maximum absolute atomic E-state index is 13.0. The maximum atomic E-state index is 13.0. The van der Waals surface area contributed by atoms with E-state index in [-0.39, 0.29) is 17.8 Å². The molecule has 2 spiro atoms. The van der Waals surface area contributed by atoms with Crippen LogP contribution in [0.5, 0.6) is 0 Å². The van der Waals surface area contributed by atoms with E-state index in [1.54, 1.807) is 0 Å². The van der Waals surface area contributed by atoms with Crippen molar-refractivity contribution in [1.29, 1.82) is 0 Å². The summed E-state index contributed by atoms with van der Waals surface area (Å²) in [7, 11) is 0. The molecule has 0 N–H and O–H groups in total. The van der Waals surface area contributed by atoms with Gasteiger partial charge < -0.3 is 0 Å². The van der Waals surface area contributed by atoms with E-state index in [0.717, 1.165) is 57.8 Å². The Morgan fingerprint density at radius 3 is 2.61 bits per heavy atom. The predicted octanol–water partition coefficient (Wildman–Crippen LogP) is 1.97. The molecule has 0 aromatic carbocycles. The van der Waals surface area contributed by atoms with Crippen molar-refractivity contribution in [3.8, 4) is 0 Å². The summed E-state index contributed by atoms with van der Waals surface area (Å²) in [6.45, 7) is 0.